The van der Waals surface area contributed by atoms with E-state index in [1.54, 1.807) is 7.11 Å². The zero-order valence-corrected chi connectivity index (χ0v) is 17.7. The lowest BCUT2D eigenvalue weighted by atomic mass is 10.1. The van der Waals surface area contributed by atoms with Crippen molar-refractivity contribution in [2.45, 2.75) is 6.61 Å². The Bertz CT molecular complexity index is 806. The normalized spacial score (nSPS) is 14.9. The molecule has 1 heterocycles. The smallest absolute Gasteiger partial charge is 0.180 e. The van der Waals surface area contributed by atoms with Gasteiger partial charge in [0.15, 0.2) is 11.5 Å². The van der Waals surface area contributed by atoms with E-state index < -0.39 is 0 Å². The molecule has 0 N–H and O–H groups in total. The van der Waals surface area contributed by atoms with E-state index in [1.165, 1.54) is 0 Å². The van der Waals surface area contributed by atoms with Gasteiger partial charge in [-0.3, -0.25) is 0 Å². The predicted molar refractivity (Wildman–Crippen MR) is 115 cm³/mol. The van der Waals surface area contributed by atoms with Crippen molar-refractivity contribution in [3.63, 3.8) is 0 Å². The van der Waals surface area contributed by atoms with Crippen molar-refractivity contribution in [2.75, 3.05) is 40.3 Å². The van der Waals surface area contributed by atoms with Crippen LogP contribution in [0.3, 0.4) is 0 Å². The summed E-state index contributed by atoms with van der Waals surface area (Å²) in [6.07, 6.45) is 0. The minimum absolute atomic E-state index is 0.371. The number of hydrogen-bond donors (Lipinski definition) is 0. The highest BCUT2D eigenvalue weighted by atomic mass is 35.5. The number of likely N-dealkylation sites (N-methyl/N-ethyl adjacent to an activating group) is 1. The van der Waals surface area contributed by atoms with Crippen LogP contribution in [0.15, 0.2) is 36.4 Å². The number of halogens is 2. The first-order valence-corrected chi connectivity index (χ1v) is 9.87. The summed E-state index contributed by atoms with van der Waals surface area (Å²) in [6, 6.07) is 11.2. The van der Waals surface area contributed by atoms with Crippen molar-refractivity contribution in [1.82, 2.24) is 9.80 Å². The second kappa shape index (κ2) is 9.11. The molecule has 2 aromatic carbocycles. The van der Waals surface area contributed by atoms with Crippen LogP contribution >= 0.6 is 35.4 Å². The zero-order valence-electron chi connectivity index (χ0n) is 15.4. The monoisotopic (exact) mass is 424 g/mol. The third-order valence-electron chi connectivity index (χ3n) is 4.56. The van der Waals surface area contributed by atoms with Crippen LogP contribution in [0.5, 0.6) is 11.5 Å². The fourth-order valence-electron chi connectivity index (χ4n) is 2.91. The summed E-state index contributed by atoms with van der Waals surface area (Å²) in [5.41, 5.74) is 1.87. The number of nitrogens with zero attached hydrogens (tertiary/aromatic N) is 2. The first-order valence-electron chi connectivity index (χ1n) is 8.70. The van der Waals surface area contributed by atoms with Crippen LogP contribution in [0.1, 0.15) is 11.1 Å². The van der Waals surface area contributed by atoms with Gasteiger partial charge < -0.3 is 19.3 Å². The molecule has 144 valence electrons. The van der Waals surface area contributed by atoms with Crippen LogP contribution in [-0.2, 0) is 6.61 Å². The quantitative estimate of drug-likeness (QED) is 0.657. The van der Waals surface area contributed by atoms with Crippen molar-refractivity contribution in [3.8, 4) is 11.5 Å². The Morgan fingerprint density at radius 3 is 2.37 bits per heavy atom. The van der Waals surface area contributed by atoms with E-state index in [0.29, 0.717) is 28.2 Å². The number of thiocarbonyl (C=S) groups is 1. The van der Waals surface area contributed by atoms with E-state index in [9.17, 15) is 0 Å². The van der Waals surface area contributed by atoms with E-state index in [0.717, 1.165) is 42.3 Å². The van der Waals surface area contributed by atoms with E-state index >= 15 is 0 Å². The zero-order chi connectivity index (χ0) is 19.4. The van der Waals surface area contributed by atoms with Gasteiger partial charge in [-0.1, -0.05) is 47.6 Å². The number of rotatable bonds is 5. The summed E-state index contributed by atoms with van der Waals surface area (Å²) in [5, 5.41) is 1.17. The van der Waals surface area contributed by atoms with Gasteiger partial charge in [0.1, 0.15) is 11.6 Å². The molecular formula is C20H22Cl2N2O2S. The Hall–Kier alpha value is -1.53. The number of methoxy groups -OCH3 is 1. The van der Waals surface area contributed by atoms with Crippen LogP contribution in [0.25, 0.3) is 0 Å². The fourth-order valence-corrected chi connectivity index (χ4v) is 3.60. The number of piperazine rings is 1. The van der Waals surface area contributed by atoms with Gasteiger partial charge in [0.05, 0.1) is 12.1 Å². The van der Waals surface area contributed by atoms with Crippen molar-refractivity contribution in [3.05, 3.63) is 57.6 Å². The van der Waals surface area contributed by atoms with Gasteiger partial charge in [-0.2, -0.15) is 0 Å². The number of hydrogen-bond acceptors (Lipinski definition) is 4. The molecular weight excluding hydrogens is 403 g/mol. The molecule has 0 aromatic heterocycles. The maximum absolute atomic E-state index is 6.50. The van der Waals surface area contributed by atoms with Crippen molar-refractivity contribution < 1.29 is 9.47 Å². The van der Waals surface area contributed by atoms with Crippen LogP contribution in [0.2, 0.25) is 10.0 Å². The lowest BCUT2D eigenvalue weighted by Crippen LogP contribution is -2.46. The predicted octanol–water partition coefficient (Wildman–Crippen LogP) is 4.50. The molecule has 4 nitrogen and oxygen atoms in total. The Kier molecular flexibility index (Phi) is 6.82. The first kappa shape index (κ1) is 20.2. The molecule has 1 fully saturated rings. The molecule has 0 aliphatic carbocycles. The second-order valence-electron chi connectivity index (χ2n) is 6.50. The van der Waals surface area contributed by atoms with E-state index in [4.69, 9.17) is 44.9 Å². The lowest BCUT2D eigenvalue weighted by Gasteiger charge is -2.34. The molecule has 27 heavy (non-hydrogen) atoms. The fraction of sp³-hybridized carbons (Fsp3) is 0.350. The molecule has 0 saturated carbocycles. The summed E-state index contributed by atoms with van der Waals surface area (Å²) in [5.74, 6) is 1.09. The van der Waals surface area contributed by atoms with Crippen molar-refractivity contribution in [1.29, 1.82) is 0 Å². The summed E-state index contributed by atoms with van der Waals surface area (Å²) in [4.78, 5) is 5.28. The van der Waals surface area contributed by atoms with Gasteiger partial charge in [0, 0.05) is 36.8 Å². The van der Waals surface area contributed by atoms with Crippen LogP contribution in [0.4, 0.5) is 0 Å². The van der Waals surface area contributed by atoms with Crippen LogP contribution in [-0.4, -0.2) is 55.1 Å². The molecule has 1 aliphatic heterocycles. The molecule has 1 saturated heterocycles. The molecule has 1 aliphatic rings. The molecule has 2 aromatic rings. The van der Waals surface area contributed by atoms with E-state index in [2.05, 4.69) is 16.8 Å². The Balaban J connectivity index is 1.76. The third kappa shape index (κ3) is 5.05. The SMILES string of the molecule is COc1cc(C(=S)N2CCN(C)CC2)cc(Cl)c1OCc1ccc(Cl)cc1. The molecule has 0 radical (unpaired) electrons. The van der Waals surface area contributed by atoms with E-state index in [1.807, 2.05) is 36.4 Å². The summed E-state index contributed by atoms with van der Waals surface area (Å²) in [6.45, 7) is 4.17. The summed E-state index contributed by atoms with van der Waals surface area (Å²) in [7, 11) is 3.72. The number of benzene rings is 2. The highest BCUT2D eigenvalue weighted by molar-refractivity contribution is 7.80. The molecule has 0 bridgehead atoms. The largest absolute Gasteiger partial charge is 0.493 e. The average Bonchev–Trinajstić information content (AvgIpc) is 2.67. The maximum atomic E-state index is 6.50. The number of ether oxygens (including phenoxy) is 2. The van der Waals surface area contributed by atoms with Crippen LogP contribution < -0.4 is 9.47 Å². The minimum Gasteiger partial charge on any atom is -0.493 e. The van der Waals surface area contributed by atoms with Gasteiger partial charge in [0.25, 0.3) is 0 Å². The Labute approximate surface area is 175 Å². The second-order valence-corrected chi connectivity index (χ2v) is 7.73. The average molecular weight is 425 g/mol. The van der Waals surface area contributed by atoms with Crippen molar-refractivity contribution in [2.24, 2.45) is 0 Å². The van der Waals surface area contributed by atoms with E-state index in [-0.39, 0.29) is 0 Å². The molecule has 0 atom stereocenters. The molecule has 0 spiro atoms. The third-order valence-corrected chi connectivity index (χ3v) is 5.59. The summed E-state index contributed by atoms with van der Waals surface area (Å²) < 4.78 is 11.4. The van der Waals surface area contributed by atoms with Gasteiger partial charge in [-0.25, -0.2) is 0 Å². The molecule has 0 unspecified atom stereocenters. The van der Waals surface area contributed by atoms with Crippen molar-refractivity contribution >= 4 is 40.4 Å². The first-order chi connectivity index (χ1) is 13.0. The van der Waals surface area contributed by atoms with Gasteiger partial charge in [-0.15, -0.1) is 0 Å². The lowest BCUT2D eigenvalue weighted by molar-refractivity contribution is 0.218. The van der Waals surface area contributed by atoms with Gasteiger partial charge >= 0.3 is 0 Å². The highest BCUT2D eigenvalue weighted by Gasteiger charge is 2.20. The minimum atomic E-state index is 0.371. The molecule has 0 amide bonds. The van der Waals surface area contributed by atoms with Gasteiger partial charge in [-0.05, 0) is 36.9 Å². The summed E-state index contributed by atoms with van der Waals surface area (Å²) >= 11 is 18.1. The standard InChI is InChI=1S/C20H22Cl2N2O2S/c1-23-7-9-24(10-8-23)20(27)15-11-17(22)19(18(12-15)25-2)26-13-14-3-5-16(21)6-4-14/h3-6,11-12H,7-10,13H2,1-2H3. The molecule has 7 heteroatoms. The Morgan fingerprint density at radius 1 is 1.07 bits per heavy atom. The van der Waals surface area contributed by atoms with Crippen LogP contribution in [0, 0.1) is 0 Å². The topological polar surface area (TPSA) is 24.9 Å². The molecule has 3 rings (SSSR count). The Morgan fingerprint density at radius 2 is 1.74 bits per heavy atom. The van der Waals surface area contributed by atoms with Gasteiger partial charge in [0.2, 0.25) is 0 Å². The highest BCUT2D eigenvalue weighted by Crippen LogP contribution is 2.37. The maximum Gasteiger partial charge on any atom is 0.180 e.